The van der Waals surface area contributed by atoms with Crippen LogP contribution >= 0.6 is 0 Å². The van der Waals surface area contributed by atoms with Gasteiger partial charge in [0.2, 0.25) is 0 Å². The van der Waals surface area contributed by atoms with Gasteiger partial charge in [-0.1, -0.05) is 12.5 Å². The molecule has 23 heavy (non-hydrogen) atoms. The summed E-state index contributed by atoms with van der Waals surface area (Å²) in [5, 5.41) is 0. The van der Waals surface area contributed by atoms with E-state index in [1.807, 2.05) is 6.08 Å². The van der Waals surface area contributed by atoms with Gasteiger partial charge in [-0.2, -0.15) is 0 Å². The van der Waals surface area contributed by atoms with Crippen LogP contribution < -0.4 is 0 Å². The largest absolute Gasteiger partial charge is 0.299 e. The number of terminal acetylenes is 1. The van der Waals surface area contributed by atoms with Crippen molar-refractivity contribution < 1.29 is 9.59 Å². The van der Waals surface area contributed by atoms with Crippen molar-refractivity contribution in [3.63, 3.8) is 0 Å². The van der Waals surface area contributed by atoms with E-state index in [1.54, 1.807) is 0 Å². The SMILES string of the molecule is C#CC[C@@H]1CC2C(CCC3(C)C(=O)CCC23)C2CCC(=O)C=C21. The van der Waals surface area contributed by atoms with Gasteiger partial charge in [-0.3, -0.25) is 9.59 Å². The third-order valence-electron chi connectivity index (χ3n) is 7.57. The Morgan fingerprint density at radius 3 is 2.83 bits per heavy atom. The van der Waals surface area contributed by atoms with Gasteiger partial charge in [0, 0.05) is 24.7 Å². The van der Waals surface area contributed by atoms with E-state index in [9.17, 15) is 9.59 Å². The van der Waals surface area contributed by atoms with Crippen molar-refractivity contribution in [2.24, 2.45) is 35.0 Å². The van der Waals surface area contributed by atoms with E-state index in [1.165, 1.54) is 5.57 Å². The fraction of sp³-hybridized carbons (Fsp3) is 0.714. The lowest BCUT2D eigenvalue weighted by Crippen LogP contribution is -2.48. The maximum atomic E-state index is 12.4. The Balaban J connectivity index is 1.70. The minimum atomic E-state index is -0.0758. The summed E-state index contributed by atoms with van der Waals surface area (Å²) in [7, 11) is 0. The standard InChI is InChI=1S/C21H26O2/c1-3-4-13-11-18-16(15-6-5-14(22)12-17(13)15)9-10-21(2)19(18)7-8-20(21)23/h1,12-13,15-16,18-19H,4-11H2,2H3/t13-,15?,16?,18?,19?,21?/m1/s1. The van der Waals surface area contributed by atoms with Crippen molar-refractivity contribution in [3.8, 4) is 12.3 Å². The fourth-order valence-electron chi connectivity index (χ4n) is 6.45. The number of carbonyl (C=O) groups excluding carboxylic acids is 2. The first-order valence-corrected chi connectivity index (χ1v) is 9.25. The number of carbonyl (C=O) groups is 2. The van der Waals surface area contributed by atoms with Crippen molar-refractivity contribution in [2.75, 3.05) is 0 Å². The molecular weight excluding hydrogens is 284 g/mol. The Morgan fingerprint density at radius 2 is 2.04 bits per heavy atom. The molecule has 6 atom stereocenters. The molecule has 2 nitrogen and oxygen atoms in total. The van der Waals surface area contributed by atoms with Crippen LogP contribution in [0.25, 0.3) is 0 Å². The number of Topliss-reactive ketones (excluding diaryl/α,β-unsaturated/α-hetero) is 1. The summed E-state index contributed by atoms with van der Waals surface area (Å²) in [6.45, 7) is 2.22. The lowest BCUT2D eigenvalue weighted by molar-refractivity contribution is -0.131. The van der Waals surface area contributed by atoms with Gasteiger partial charge in [0.15, 0.2) is 5.78 Å². The maximum Gasteiger partial charge on any atom is 0.155 e. The molecule has 0 radical (unpaired) electrons. The number of ketones is 2. The molecule has 0 aliphatic heterocycles. The molecule has 0 aromatic carbocycles. The molecule has 0 amide bonds. The van der Waals surface area contributed by atoms with Crippen LogP contribution in [-0.4, -0.2) is 11.6 Å². The molecule has 0 bridgehead atoms. The van der Waals surface area contributed by atoms with E-state index < -0.39 is 0 Å². The van der Waals surface area contributed by atoms with Crippen LogP contribution in [0.5, 0.6) is 0 Å². The van der Waals surface area contributed by atoms with Crippen LogP contribution in [0.15, 0.2) is 11.6 Å². The topological polar surface area (TPSA) is 34.1 Å². The molecule has 0 aromatic heterocycles. The van der Waals surface area contributed by atoms with Crippen LogP contribution in [0.4, 0.5) is 0 Å². The molecule has 0 spiro atoms. The molecule has 0 N–H and O–H groups in total. The van der Waals surface area contributed by atoms with Gasteiger partial charge in [0.05, 0.1) is 0 Å². The molecule has 3 saturated carbocycles. The van der Waals surface area contributed by atoms with E-state index in [0.717, 1.165) is 44.9 Å². The predicted octanol–water partition coefficient (Wildman–Crippen LogP) is 3.95. The second-order valence-corrected chi connectivity index (χ2v) is 8.45. The Morgan fingerprint density at radius 1 is 1.22 bits per heavy atom. The Hall–Kier alpha value is -1.36. The summed E-state index contributed by atoms with van der Waals surface area (Å²) in [4.78, 5) is 24.4. The van der Waals surface area contributed by atoms with E-state index in [-0.39, 0.29) is 11.2 Å². The Bertz CT molecular complexity index is 622. The summed E-state index contributed by atoms with van der Waals surface area (Å²) in [5.41, 5.74) is 1.28. The summed E-state index contributed by atoms with van der Waals surface area (Å²) < 4.78 is 0. The van der Waals surface area contributed by atoms with Crippen molar-refractivity contribution >= 4 is 11.6 Å². The third kappa shape index (κ3) is 2.16. The highest BCUT2D eigenvalue weighted by Crippen LogP contribution is 2.61. The van der Waals surface area contributed by atoms with Gasteiger partial charge in [0.1, 0.15) is 5.78 Å². The van der Waals surface area contributed by atoms with E-state index in [0.29, 0.717) is 41.8 Å². The van der Waals surface area contributed by atoms with Gasteiger partial charge in [-0.15, -0.1) is 12.3 Å². The van der Waals surface area contributed by atoms with Crippen LogP contribution in [0.2, 0.25) is 0 Å². The molecule has 3 fully saturated rings. The maximum absolute atomic E-state index is 12.4. The lowest BCUT2D eigenvalue weighted by atomic mass is 9.50. The first-order chi connectivity index (χ1) is 11.0. The Kier molecular flexibility index (Phi) is 3.52. The normalized spacial score (nSPS) is 45.6. The second kappa shape index (κ2) is 5.33. The minimum Gasteiger partial charge on any atom is -0.299 e. The first-order valence-electron chi connectivity index (χ1n) is 9.25. The number of fused-ring (bicyclic) bond motifs is 5. The smallest absolute Gasteiger partial charge is 0.155 e. The number of hydrogen-bond acceptors (Lipinski definition) is 2. The predicted molar refractivity (Wildman–Crippen MR) is 89.4 cm³/mol. The molecule has 0 aromatic rings. The number of rotatable bonds is 1. The van der Waals surface area contributed by atoms with Crippen LogP contribution in [-0.2, 0) is 9.59 Å². The molecule has 0 saturated heterocycles. The molecule has 2 heteroatoms. The zero-order chi connectivity index (χ0) is 16.2. The van der Waals surface area contributed by atoms with Gasteiger partial charge in [0.25, 0.3) is 0 Å². The van der Waals surface area contributed by atoms with Crippen LogP contribution in [0.1, 0.15) is 58.3 Å². The van der Waals surface area contributed by atoms with Crippen molar-refractivity contribution in [2.45, 2.75) is 58.3 Å². The highest BCUT2D eigenvalue weighted by Gasteiger charge is 2.57. The second-order valence-electron chi connectivity index (χ2n) is 8.45. The van der Waals surface area contributed by atoms with E-state index in [2.05, 4.69) is 12.8 Å². The van der Waals surface area contributed by atoms with Gasteiger partial charge < -0.3 is 0 Å². The summed E-state index contributed by atoms with van der Waals surface area (Å²) in [6, 6.07) is 0. The first kappa shape index (κ1) is 15.2. The zero-order valence-corrected chi connectivity index (χ0v) is 14.0. The molecule has 4 rings (SSSR count). The molecule has 4 aliphatic carbocycles. The minimum absolute atomic E-state index is 0.0758. The number of allylic oxidation sites excluding steroid dienone is 1. The summed E-state index contributed by atoms with van der Waals surface area (Å²) in [6.07, 6.45) is 15.1. The van der Waals surface area contributed by atoms with Crippen LogP contribution in [0, 0.1) is 47.3 Å². The monoisotopic (exact) mass is 310 g/mol. The molecule has 122 valence electrons. The quantitative estimate of drug-likeness (QED) is 0.687. The van der Waals surface area contributed by atoms with E-state index in [4.69, 9.17) is 6.42 Å². The van der Waals surface area contributed by atoms with Gasteiger partial charge in [-0.25, -0.2) is 0 Å². The van der Waals surface area contributed by atoms with Crippen LogP contribution in [0.3, 0.4) is 0 Å². The highest BCUT2D eigenvalue weighted by molar-refractivity contribution is 5.91. The average molecular weight is 310 g/mol. The van der Waals surface area contributed by atoms with Crippen molar-refractivity contribution in [3.05, 3.63) is 11.6 Å². The van der Waals surface area contributed by atoms with Crippen molar-refractivity contribution in [1.29, 1.82) is 0 Å². The zero-order valence-electron chi connectivity index (χ0n) is 14.0. The van der Waals surface area contributed by atoms with Gasteiger partial charge in [-0.05, 0) is 67.8 Å². The molecule has 5 unspecified atom stereocenters. The number of hydrogen-bond donors (Lipinski definition) is 0. The van der Waals surface area contributed by atoms with E-state index >= 15 is 0 Å². The summed E-state index contributed by atoms with van der Waals surface area (Å²) >= 11 is 0. The Labute approximate surface area is 139 Å². The lowest BCUT2D eigenvalue weighted by Gasteiger charge is -2.54. The average Bonchev–Trinajstić information content (AvgIpc) is 2.83. The molecule has 4 aliphatic rings. The third-order valence-corrected chi connectivity index (χ3v) is 7.57. The van der Waals surface area contributed by atoms with Gasteiger partial charge >= 0.3 is 0 Å². The molecule has 0 heterocycles. The van der Waals surface area contributed by atoms with Crippen molar-refractivity contribution in [1.82, 2.24) is 0 Å². The molecular formula is C21H26O2. The summed E-state index contributed by atoms with van der Waals surface area (Å²) in [5.74, 6) is 6.39. The highest BCUT2D eigenvalue weighted by atomic mass is 16.1. The fourth-order valence-corrected chi connectivity index (χ4v) is 6.45.